The van der Waals surface area contributed by atoms with Crippen molar-refractivity contribution in [2.75, 3.05) is 11.9 Å². The van der Waals surface area contributed by atoms with Gasteiger partial charge in [-0.25, -0.2) is 4.98 Å². The molecule has 130 valence electrons. The van der Waals surface area contributed by atoms with Crippen LogP contribution in [0, 0.1) is 6.92 Å². The van der Waals surface area contributed by atoms with Crippen LogP contribution in [0.4, 0.5) is 5.82 Å². The highest BCUT2D eigenvalue weighted by atomic mass is 35.5. The first-order chi connectivity index (χ1) is 12.0. The number of anilines is 1. The van der Waals surface area contributed by atoms with Gasteiger partial charge in [0, 0.05) is 17.8 Å². The second-order valence-electron chi connectivity index (χ2n) is 5.99. The number of benzene rings is 1. The summed E-state index contributed by atoms with van der Waals surface area (Å²) in [6.07, 6.45) is 2.99. The van der Waals surface area contributed by atoms with E-state index in [4.69, 9.17) is 23.2 Å². The highest BCUT2D eigenvalue weighted by Crippen LogP contribution is 2.26. The molecule has 1 aliphatic rings. The van der Waals surface area contributed by atoms with Gasteiger partial charge < -0.3 is 10.2 Å². The van der Waals surface area contributed by atoms with Crippen LogP contribution in [-0.4, -0.2) is 34.3 Å². The minimum atomic E-state index is -0.551. The molecule has 1 fully saturated rings. The maximum Gasteiger partial charge on any atom is 0.256 e. The number of amides is 2. The van der Waals surface area contributed by atoms with Gasteiger partial charge in [0.2, 0.25) is 5.91 Å². The fourth-order valence-electron chi connectivity index (χ4n) is 2.91. The van der Waals surface area contributed by atoms with E-state index in [1.807, 2.05) is 13.0 Å². The van der Waals surface area contributed by atoms with E-state index in [2.05, 4.69) is 10.3 Å². The number of nitrogens with zero attached hydrogens (tertiary/aromatic N) is 2. The van der Waals surface area contributed by atoms with Gasteiger partial charge in [-0.1, -0.05) is 23.2 Å². The predicted molar refractivity (Wildman–Crippen MR) is 98.1 cm³/mol. The van der Waals surface area contributed by atoms with Crippen LogP contribution in [0.15, 0.2) is 36.5 Å². The van der Waals surface area contributed by atoms with Crippen LogP contribution in [0.25, 0.3) is 0 Å². The van der Waals surface area contributed by atoms with Crippen molar-refractivity contribution in [3.05, 3.63) is 57.7 Å². The summed E-state index contributed by atoms with van der Waals surface area (Å²) < 4.78 is 0. The summed E-state index contributed by atoms with van der Waals surface area (Å²) in [5.41, 5.74) is 1.30. The van der Waals surface area contributed by atoms with Crippen molar-refractivity contribution in [2.45, 2.75) is 25.8 Å². The molecule has 2 amide bonds. The molecule has 1 N–H and O–H groups in total. The second kappa shape index (κ2) is 7.42. The highest BCUT2D eigenvalue weighted by molar-refractivity contribution is 6.35. The number of rotatable bonds is 3. The molecule has 0 bridgehead atoms. The van der Waals surface area contributed by atoms with Gasteiger partial charge in [0.1, 0.15) is 11.9 Å². The molecule has 1 unspecified atom stereocenters. The van der Waals surface area contributed by atoms with Crippen molar-refractivity contribution in [2.24, 2.45) is 0 Å². The van der Waals surface area contributed by atoms with Gasteiger partial charge in [0.15, 0.2) is 0 Å². The van der Waals surface area contributed by atoms with Crippen LogP contribution in [0.5, 0.6) is 0 Å². The van der Waals surface area contributed by atoms with Crippen LogP contribution < -0.4 is 5.32 Å². The first kappa shape index (κ1) is 17.7. The standard InChI is InChI=1S/C18H17Cl2N3O2/c1-11-6-7-21-16(9-11)22-17(24)15-3-2-8-23(15)18(25)13-10-12(19)4-5-14(13)20/h4-7,9-10,15H,2-3,8H2,1H3,(H,21,22,24). The van der Waals surface area contributed by atoms with Crippen molar-refractivity contribution in [3.8, 4) is 0 Å². The number of likely N-dealkylation sites (tertiary alicyclic amines) is 1. The van der Waals surface area contributed by atoms with Crippen LogP contribution in [0.1, 0.15) is 28.8 Å². The number of aromatic nitrogens is 1. The summed E-state index contributed by atoms with van der Waals surface area (Å²) in [5, 5.41) is 3.53. The molecule has 1 aromatic carbocycles. The average molecular weight is 378 g/mol. The van der Waals surface area contributed by atoms with Crippen LogP contribution in [-0.2, 0) is 4.79 Å². The first-order valence-electron chi connectivity index (χ1n) is 7.95. The zero-order chi connectivity index (χ0) is 18.0. The number of carbonyl (C=O) groups excluding carboxylic acids is 2. The number of carbonyl (C=O) groups is 2. The molecule has 1 aromatic heterocycles. The molecule has 3 rings (SSSR count). The number of hydrogen-bond acceptors (Lipinski definition) is 3. The van der Waals surface area contributed by atoms with Crippen molar-refractivity contribution in [1.29, 1.82) is 0 Å². The van der Waals surface area contributed by atoms with Gasteiger partial charge in [0.05, 0.1) is 10.6 Å². The lowest BCUT2D eigenvalue weighted by molar-refractivity contribution is -0.119. The van der Waals surface area contributed by atoms with Gasteiger partial charge in [-0.3, -0.25) is 9.59 Å². The maximum atomic E-state index is 12.8. The molecule has 0 radical (unpaired) electrons. The Morgan fingerprint density at radius 3 is 2.80 bits per heavy atom. The highest BCUT2D eigenvalue weighted by Gasteiger charge is 2.35. The average Bonchev–Trinajstić information content (AvgIpc) is 3.06. The molecule has 25 heavy (non-hydrogen) atoms. The molecule has 1 atom stereocenters. The third kappa shape index (κ3) is 3.94. The molecular formula is C18H17Cl2N3O2. The normalized spacial score (nSPS) is 16.8. The third-order valence-corrected chi connectivity index (χ3v) is 4.71. The molecule has 7 heteroatoms. The number of halogens is 2. The molecule has 0 spiro atoms. The largest absolute Gasteiger partial charge is 0.327 e. The number of pyridine rings is 1. The maximum absolute atomic E-state index is 12.8. The van der Waals surface area contributed by atoms with Crippen molar-refractivity contribution in [1.82, 2.24) is 9.88 Å². The number of aryl methyl sites for hydroxylation is 1. The zero-order valence-corrected chi connectivity index (χ0v) is 15.1. The number of hydrogen-bond donors (Lipinski definition) is 1. The van der Waals surface area contributed by atoms with E-state index in [1.165, 1.54) is 6.07 Å². The molecule has 2 aromatic rings. The van der Waals surface area contributed by atoms with Gasteiger partial charge in [-0.2, -0.15) is 0 Å². The monoisotopic (exact) mass is 377 g/mol. The quantitative estimate of drug-likeness (QED) is 0.880. The Labute approximate surface area is 155 Å². The summed E-state index contributed by atoms with van der Waals surface area (Å²) in [4.78, 5) is 31.1. The Balaban J connectivity index is 1.79. The Hall–Kier alpha value is -2.11. The molecule has 5 nitrogen and oxygen atoms in total. The second-order valence-corrected chi connectivity index (χ2v) is 6.83. The summed E-state index contributed by atoms with van der Waals surface area (Å²) in [7, 11) is 0. The summed E-state index contributed by atoms with van der Waals surface area (Å²) in [6.45, 7) is 2.42. The first-order valence-corrected chi connectivity index (χ1v) is 8.71. The van der Waals surface area contributed by atoms with E-state index < -0.39 is 6.04 Å². The minimum Gasteiger partial charge on any atom is -0.327 e. The Kier molecular flexibility index (Phi) is 5.25. The summed E-state index contributed by atoms with van der Waals surface area (Å²) in [6, 6.07) is 7.82. The SMILES string of the molecule is Cc1ccnc(NC(=O)C2CCCN2C(=O)c2cc(Cl)ccc2Cl)c1. The Bertz CT molecular complexity index is 826. The van der Waals surface area contributed by atoms with Gasteiger partial charge >= 0.3 is 0 Å². The molecule has 1 aliphatic heterocycles. The van der Waals surface area contributed by atoms with E-state index in [-0.39, 0.29) is 11.8 Å². The Morgan fingerprint density at radius 1 is 1.24 bits per heavy atom. The Morgan fingerprint density at radius 2 is 2.04 bits per heavy atom. The molecule has 1 saturated heterocycles. The van der Waals surface area contributed by atoms with Gasteiger partial charge in [0.25, 0.3) is 5.91 Å². The minimum absolute atomic E-state index is 0.248. The van der Waals surface area contributed by atoms with Crippen LogP contribution in [0.3, 0.4) is 0 Å². The molecular weight excluding hydrogens is 361 g/mol. The van der Waals surface area contributed by atoms with E-state index in [9.17, 15) is 9.59 Å². The lowest BCUT2D eigenvalue weighted by atomic mass is 10.1. The summed E-state index contributed by atoms with van der Waals surface area (Å²) in [5.74, 6) is -0.0606. The lowest BCUT2D eigenvalue weighted by Gasteiger charge is -2.24. The van der Waals surface area contributed by atoms with Crippen molar-refractivity contribution >= 4 is 40.8 Å². The predicted octanol–water partition coefficient (Wildman–Crippen LogP) is 3.94. The smallest absolute Gasteiger partial charge is 0.256 e. The zero-order valence-electron chi connectivity index (χ0n) is 13.6. The van der Waals surface area contributed by atoms with Crippen LogP contribution in [0.2, 0.25) is 10.0 Å². The fraction of sp³-hybridized carbons (Fsp3) is 0.278. The number of nitrogens with one attached hydrogen (secondary N) is 1. The van der Waals surface area contributed by atoms with Crippen molar-refractivity contribution in [3.63, 3.8) is 0 Å². The van der Waals surface area contributed by atoms with E-state index >= 15 is 0 Å². The fourth-order valence-corrected chi connectivity index (χ4v) is 3.28. The van der Waals surface area contributed by atoms with E-state index in [0.29, 0.717) is 34.4 Å². The van der Waals surface area contributed by atoms with Gasteiger partial charge in [-0.05, 0) is 55.7 Å². The summed E-state index contributed by atoms with van der Waals surface area (Å²) >= 11 is 12.1. The van der Waals surface area contributed by atoms with E-state index in [0.717, 1.165) is 12.0 Å². The molecule has 0 saturated carbocycles. The third-order valence-electron chi connectivity index (χ3n) is 4.14. The van der Waals surface area contributed by atoms with E-state index in [1.54, 1.807) is 29.3 Å². The van der Waals surface area contributed by atoms with Crippen LogP contribution >= 0.6 is 23.2 Å². The van der Waals surface area contributed by atoms with Crippen molar-refractivity contribution < 1.29 is 9.59 Å². The topological polar surface area (TPSA) is 62.3 Å². The molecule has 2 heterocycles. The lowest BCUT2D eigenvalue weighted by Crippen LogP contribution is -2.43. The van der Waals surface area contributed by atoms with Gasteiger partial charge in [-0.15, -0.1) is 0 Å². The molecule has 0 aliphatic carbocycles.